The molecule has 0 spiro atoms. The van der Waals surface area contributed by atoms with Gasteiger partial charge < -0.3 is 4.90 Å². The molecule has 0 bridgehead atoms. The summed E-state index contributed by atoms with van der Waals surface area (Å²) >= 11 is 11.9. The van der Waals surface area contributed by atoms with E-state index in [-0.39, 0.29) is 42.0 Å². The first-order valence-electron chi connectivity index (χ1n) is 9.63. The van der Waals surface area contributed by atoms with Crippen molar-refractivity contribution in [2.24, 2.45) is 0 Å². The lowest BCUT2D eigenvalue weighted by Crippen LogP contribution is -2.50. The van der Waals surface area contributed by atoms with E-state index in [1.54, 1.807) is 15.8 Å². The van der Waals surface area contributed by atoms with E-state index in [0.29, 0.717) is 10.6 Å². The molecule has 0 unspecified atom stereocenters. The van der Waals surface area contributed by atoms with Gasteiger partial charge >= 0.3 is 0 Å². The number of aromatic nitrogens is 2. The maximum Gasteiger partial charge on any atom is 0.257 e. The number of rotatable bonds is 4. The Labute approximate surface area is 190 Å². The second kappa shape index (κ2) is 8.63. The Bertz CT molecular complexity index is 1220. The van der Waals surface area contributed by atoms with Crippen molar-refractivity contribution >= 4 is 39.1 Å². The molecule has 1 aliphatic rings. The summed E-state index contributed by atoms with van der Waals surface area (Å²) in [5.74, 6) is -0.161. The lowest BCUT2D eigenvalue weighted by molar-refractivity contribution is 0.0697. The number of nitrogens with zero attached hydrogens (tertiary/aromatic N) is 4. The summed E-state index contributed by atoms with van der Waals surface area (Å²) in [4.78, 5) is 14.8. The van der Waals surface area contributed by atoms with Crippen molar-refractivity contribution in [3.05, 3.63) is 76.0 Å². The largest absolute Gasteiger partial charge is 0.336 e. The summed E-state index contributed by atoms with van der Waals surface area (Å²) in [6.07, 6.45) is 1.56. The third-order valence-corrected chi connectivity index (χ3v) is 7.93. The number of piperazine rings is 1. The van der Waals surface area contributed by atoms with E-state index >= 15 is 0 Å². The molecule has 3 aromatic rings. The third kappa shape index (κ3) is 4.21. The lowest BCUT2D eigenvalue weighted by atomic mass is 10.2. The fourth-order valence-corrected chi connectivity index (χ4v) is 5.35. The molecule has 1 aliphatic heterocycles. The Kier molecular flexibility index (Phi) is 6.07. The molecule has 0 N–H and O–H groups in total. The predicted octanol–water partition coefficient (Wildman–Crippen LogP) is 3.63. The van der Waals surface area contributed by atoms with E-state index in [4.69, 9.17) is 23.2 Å². The summed E-state index contributed by atoms with van der Waals surface area (Å²) in [5, 5.41) is 4.83. The smallest absolute Gasteiger partial charge is 0.257 e. The van der Waals surface area contributed by atoms with Crippen LogP contribution in [-0.4, -0.2) is 59.5 Å². The van der Waals surface area contributed by atoms with Crippen LogP contribution in [0.5, 0.6) is 0 Å². The van der Waals surface area contributed by atoms with Crippen LogP contribution in [0, 0.1) is 6.92 Å². The van der Waals surface area contributed by atoms with Crippen LogP contribution in [0.15, 0.2) is 59.6 Å². The minimum atomic E-state index is -3.72. The number of amides is 1. The monoisotopic (exact) mass is 478 g/mol. The Morgan fingerprint density at radius 3 is 2.29 bits per heavy atom. The van der Waals surface area contributed by atoms with Gasteiger partial charge in [0.25, 0.3) is 5.91 Å². The van der Waals surface area contributed by atoms with Gasteiger partial charge in [-0.05, 0) is 37.3 Å². The number of benzene rings is 2. The zero-order valence-corrected chi connectivity index (χ0v) is 19.0. The van der Waals surface area contributed by atoms with Crippen molar-refractivity contribution in [1.29, 1.82) is 0 Å². The fraction of sp³-hybridized carbons (Fsp3) is 0.238. The zero-order valence-electron chi connectivity index (χ0n) is 16.7. The number of halogens is 2. The van der Waals surface area contributed by atoms with Gasteiger partial charge in [0.15, 0.2) is 0 Å². The number of carbonyl (C=O) groups excluding carboxylic acids is 1. The Morgan fingerprint density at radius 1 is 0.968 bits per heavy atom. The molecule has 4 rings (SSSR count). The Morgan fingerprint density at radius 2 is 1.65 bits per heavy atom. The maximum absolute atomic E-state index is 13.0. The normalized spacial score (nSPS) is 15.3. The number of para-hydroxylation sites is 1. The van der Waals surface area contributed by atoms with Gasteiger partial charge in [0, 0.05) is 26.2 Å². The second-order valence-electron chi connectivity index (χ2n) is 7.16. The molecule has 2 aromatic carbocycles. The lowest BCUT2D eigenvalue weighted by Gasteiger charge is -2.34. The third-order valence-electron chi connectivity index (χ3n) is 5.30. The number of hydrogen-bond donors (Lipinski definition) is 0. The number of carbonyl (C=O) groups is 1. The molecule has 31 heavy (non-hydrogen) atoms. The number of hydrogen-bond acceptors (Lipinski definition) is 4. The summed E-state index contributed by atoms with van der Waals surface area (Å²) in [6, 6.07) is 13.8. The molecule has 162 valence electrons. The number of sulfonamides is 1. The highest BCUT2D eigenvalue weighted by atomic mass is 35.5. The SMILES string of the molecule is Cc1c(C(=O)N2CCN(S(=O)(=O)c3ccc(Cl)c(Cl)c3)CC2)cnn1-c1ccccc1. The van der Waals surface area contributed by atoms with Crippen molar-refractivity contribution in [3.63, 3.8) is 0 Å². The van der Waals surface area contributed by atoms with E-state index < -0.39 is 10.0 Å². The molecule has 0 radical (unpaired) electrons. The highest BCUT2D eigenvalue weighted by Crippen LogP contribution is 2.27. The second-order valence-corrected chi connectivity index (χ2v) is 9.92. The minimum Gasteiger partial charge on any atom is -0.336 e. The Hall–Kier alpha value is -2.39. The van der Waals surface area contributed by atoms with Crippen molar-refractivity contribution in [2.75, 3.05) is 26.2 Å². The molecule has 7 nitrogen and oxygen atoms in total. The van der Waals surface area contributed by atoms with Gasteiger partial charge in [-0.15, -0.1) is 0 Å². The van der Waals surface area contributed by atoms with Crippen molar-refractivity contribution in [1.82, 2.24) is 19.0 Å². The van der Waals surface area contributed by atoms with Crippen LogP contribution in [0.2, 0.25) is 10.0 Å². The van der Waals surface area contributed by atoms with Crippen LogP contribution in [-0.2, 0) is 10.0 Å². The van der Waals surface area contributed by atoms with Gasteiger partial charge in [0.1, 0.15) is 0 Å². The maximum atomic E-state index is 13.0. The summed E-state index contributed by atoms with van der Waals surface area (Å²) < 4.78 is 28.9. The average molecular weight is 479 g/mol. The van der Waals surface area contributed by atoms with E-state index in [2.05, 4.69) is 5.10 Å². The molecule has 0 atom stereocenters. The minimum absolute atomic E-state index is 0.0849. The van der Waals surface area contributed by atoms with Gasteiger partial charge in [0.2, 0.25) is 10.0 Å². The predicted molar refractivity (Wildman–Crippen MR) is 119 cm³/mol. The van der Waals surface area contributed by atoms with Gasteiger partial charge in [-0.3, -0.25) is 4.79 Å². The Balaban J connectivity index is 1.47. The molecule has 2 heterocycles. The summed E-state index contributed by atoms with van der Waals surface area (Å²) in [5.41, 5.74) is 2.11. The van der Waals surface area contributed by atoms with E-state index in [1.165, 1.54) is 22.5 Å². The molecule has 10 heteroatoms. The van der Waals surface area contributed by atoms with Crippen LogP contribution in [0.4, 0.5) is 0 Å². The molecule has 1 aromatic heterocycles. The summed E-state index contributed by atoms with van der Waals surface area (Å²) in [6.45, 7) is 2.81. The first-order valence-corrected chi connectivity index (χ1v) is 11.8. The first-order chi connectivity index (χ1) is 14.8. The van der Waals surface area contributed by atoms with E-state index in [1.807, 2.05) is 37.3 Å². The topological polar surface area (TPSA) is 75.5 Å². The molecular formula is C21H20Cl2N4O3S. The van der Waals surface area contributed by atoms with E-state index in [0.717, 1.165) is 11.4 Å². The quantitative estimate of drug-likeness (QED) is 0.573. The molecule has 0 aliphatic carbocycles. The standard InChI is InChI=1S/C21H20Cl2N4O3S/c1-15-18(14-24-27(15)16-5-3-2-4-6-16)21(28)25-9-11-26(12-10-25)31(29,30)17-7-8-19(22)20(23)13-17/h2-8,13-14H,9-12H2,1H3. The average Bonchev–Trinajstić information content (AvgIpc) is 3.17. The van der Waals surface area contributed by atoms with Crippen LogP contribution in [0.25, 0.3) is 5.69 Å². The first kappa shape index (κ1) is 21.8. The van der Waals surface area contributed by atoms with Crippen molar-refractivity contribution < 1.29 is 13.2 Å². The molecule has 1 fully saturated rings. The van der Waals surface area contributed by atoms with Crippen LogP contribution < -0.4 is 0 Å². The fourth-order valence-electron chi connectivity index (χ4n) is 3.54. The van der Waals surface area contributed by atoms with Gasteiger partial charge in [-0.2, -0.15) is 9.40 Å². The highest BCUT2D eigenvalue weighted by molar-refractivity contribution is 7.89. The van der Waals surface area contributed by atoms with Crippen LogP contribution >= 0.6 is 23.2 Å². The van der Waals surface area contributed by atoms with Crippen molar-refractivity contribution in [2.45, 2.75) is 11.8 Å². The highest BCUT2D eigenvalue weighted by Gasteiger charge is 2.31. The van der Waals surface area contributed by atoms with Crippen LogP contribution in [0.1, 0.15) is 16.1 Å². The van der Waals surface area contributed by atoms with Crippen LogP contribution in [0.3, 0.4) is 0 Å². The molecule has 1 saturated heterocycles. The molecular weight excluding hydrogens is 459 g/mol. The van der Waals surface area contributed by atoms with Gasteiger partial charge in [-0.1, -0.05) is 41.4 Å². The summed E-state index contributed by atoms with van der Waals surface area (Å²) in [7, 11) is -3.72. The van der Waals surface area contributed by atoms with Gasteiger partial charge in [-0.25, -0.2) is 13.1 Å². The van der Waals surface area contributed by atoms with Crippen molar-refractivity contribution in [3.8, 4) is 5.69 Å². The van der Waals surface area contributed by atoms with E-state index in [9.17, 15) is 13.2 Å². The molecule has 1 amide bonds. The molecule has 0 saturated carbocycles. The van der Waals surface area contributed by atoms with Gasteiger partial charge in [0.05, 0.1) is 38.1 Å². The zero-order chi connectivity index (χ0) is 22.2.